The van der Waals surface area contributed by atoms with Crippen molar-refractivity contribution in [2.75, 3.05) is 13.1 Å². The highest BCUT2D eigenvalue weighted by atomic mass is 19.4. The number of unbranched alkanes of at least 4 members (excludes halogenated alkanes) is 1. The maximum Gasteiger partial charge on any atom is 0.471 e. The number of aliphatic hydroxyl groups excluding tert-OH is 1. The van der Waals surface area contributed by atoms with E-state index in [0.29, 0.717) is 12.8 Å². The zero-order chi connectivity index (χ0) is 17.6. The summed E-state index contributed by atoms with van der Waals surface area (Å²) in [5, 5.41) is 20.4. The third-order valence-corrected chi connectivity index (χ3v) is 3.55. The summed E-state index contributed by atoms with van der Waals surface area (Å²) in [6, 6.07) is -0.941. The van der Waals surface area contributed by atoms with Crippen molar-refractivity contribution in [3.05, 3.63) is 0 Å². The fourth-order valence-electron chi connectivity index (χ4n) is 2.37. The van der Waals surface area contributed by atoms with Crippen molar-refractivity contribution >= 4 is 17.8 Å². The minimum Gasteiger partial charge on any atom is -0.480 e. The molecule has 0 bridgehead atoms. The smallest absolute Gasteiger partial charge is 0.471 e. The van der Waals surface area contributed by atoms with E-state index < -0.39 is 36.1 Å². The molecule has 0 saturated carbocycles. The van der Waals surface area contributed by atoms with Gasteiger partial charge in [-0.15, -0.1) is 0 Å². The van der Waals surface area contributed by atoms with Gasteiger partial charge in [-0.05, 0) is 32.1 Å². The Morgan fingerprint density at radius 2 is 1.91 bits per heavy atom. The summed E-state index contributed by atoms with van der Waals surface area (Å²) < 4.78 is 35.8. The SMILES string of the molecule is O=C(O)[C@@H]1CCCN1C(=O)[C@@H](O)CCCCNC(=O)C(F)(F)F. The lowest BCUT2D eigenvalue weighted by Crippen LogP contribution is -2.45. The van der Waals surface area contributed by atoms with Crippen LogP contribution in [-0.4, -0.2) is 64.3 Å². The van der Waals surface area contributed by atoms with Crippen LogP contribution in [0.1, 0.15) is 32.1 Å². The van der Waals surface area contributed by atoms with E-state index in [1.807, 2.05) is 0 Å². The van der Waals surface area contributed by atoms with Gasteiger partial charge in [0.1, 0.15) is 12.1 Å². The molecule has 132 valence electrons. The first-order valence-electron chi connectivity index (χ1n) is 7.21. The average Bonchev–Trinajstić information content (AvgIpc) is 2.94. The van der Waals surface area contributed by atoms with E-state index >= 15 is 0 Å². The van der Waals surface area contributed by atoms with Crippen molar-refractivity contribution < 1.29 is 37.8 Å². The predicted octanol–water partition coefficient (Wildman–Crippen LogP) is 0.272. The Labute approximate surface area is 130 Å². The van der Waals surface area contributed by atoms with Gasteiger partial charge in [0.2, 0.25) is 0 Å². The normalized spacial score (nSPS) is 19.5. The topological polar surface area (TPSA) is 107 Å². The molecule has 0 unspecified atom stereocenters. The van der Waals surface area contributed by atoms with Gasteiger partial charge in [-0.2, -0.15) is 13.2 Å². The Hall–Kier alpha value is -1.84. The van der Waals surface area contributed by atoms with Crippen molar-refractivity contribution in [1.82, 2.24) is 10.2 Å². The third-order valence-electron chi connectivity index (χ3n) is 3.55. The van der Waals surface area contributed by atoms with Gasteiger partial charge in [-0.3, -0.25) is 9.59 Å². The van der Waals surface area contributed by atoms with Crippen LogP contribution in [0.3, 0.4) is 0 Å². The van der Waals surface area contributed by atoms with Gasteiger partial charge in [0, 0.05) is 13.1 Å². The molecule has 7 nitrogen and oxygen atoms in total. The quantitative estimate of drug-likeness (QED) is 0.577. The van der Waals surface area contributed by atoms with Crippen LogP contribution in [0.2, 0.25) is 0 Å². The summed E-state index contributed by atoms with van der Waals surface area (Å²) in [5.41, 5.74) is 0. The van der Waals surface area contributed by atoms with Gasteiger partial charge in [0.05, 0.1) is 0 Å². The van der Waals surface area contributed by atoms with Crippen LogP contribution >= 0.6 is 0 Å². The number of carboxylic acid groups (broad SMARTS) is 1. The zero-order valence-corrected chi connectivity index (χ0v) is 12.3. The van der Waals surface area contributed by atoms with E-state index in [4.69, 9.17) is 5.11 Å². The number of alkyl halides is 3. The number of aliphatic carboxylic acids is 1. The number of aliphatic hydroxyl groups is 1. The standard InChI is InChI=1S/C13H19F3N2O5/c14-13(15,16)12(23)17-6-2-1-5-9(19)10(20)18-7-3-4-8(18)11(21)22/h8-9,19H,1-7H2,(H,17,23)(H,21,22)/t8-,9-/m0/s1. The largest absolute Gasteiger partial charge is 0.480 e. The maximum atomic E-state index is 12.0. The van der Waals surface area contributed by atoms with E-state index in [1.165, 1.54) is 0 Å². The maximum absolute atomic E-state index is 12.0. The van der Waals surface area contributed by atoms with E-state index in [-0.39, 0.29) is 32.4 Å². The number of nitrogens with zero attached hydrogens (tertiary/aromatic N) is 1. The van der Waals surface area contributed by atoms with Crippen LogP contribution in [0, 0.1) is 0 Å². The third kappa shape index (κ3) is 5.70. The Morgan fingerprint density at radius 3 is 2.48 bits per heavy atom. The molecular weight excluding hydrogens is 321 g/mol. The number of hydrogen-bond donors (Lipinski definition) is 3. The lowest BCUT2D eigenvalue weighted by molar-refractivity contribution is -0.173. The molecule has 10 heteroatoms. The fraction of sp³-hybridized carbons (Fsp3) is 0.769. The fourth-order valence-corrected chi connectivity index (χ4v) is 2.37. The Morgan fingerprint density at radius 1 is 1.26 bits per heavy atom. The summed E-state index contributed by atoms with van der Waals surface area (Å²) in [7, 11) is 0. The minimum atomic E-state index is -4.93. The van der Waals surface area contributed by atoms with Gasteiger partial charge in [0.15, 0.2) is 0 Å². The van der Waals surface area contributed by atoms with Crippen molar-refractivity contribution in [3.63, 3.8) is 0 Å². The first-order valence-corrected chi connectivity index (χ1v) is 7.21. The van der Waals surface area contributed by atoms with Crippen LogP contribution < -0.4 is 5.32 Å². The second-order valence-electron chi connectivity index (χ2n) is 5.29. The van der Waals surface area contributed by atoms with Gasteiger partial charge in [0.25, 0.3) is 5.91 Å². The van der Waals surface area contributed by atoms with Gasteiger partial charge in [-0.25, -0.2) is 4.79 Å². The molecule has 1 saturated heterocycles. The monoisotopic (exact) mass is 340 g/mol. The van der Waals surface area contributed by atoms with E-state index in [9.17, 15) is 32.7 Å². The summed E-state index contributed by atoms with van der Waals surface area (Å²) in [5.74, 6) is -3.84. The van der Waals surface area contributed by atoms with E-state index in [0.717, 1.165) is 4.90 Å². The predicted molar refractivity (Wildman–Crippen MR) is 71.3 cm³/mol. The molecule has 23 heavy (non-hydrogen) atoms. The second-order valence-corrected chi connectivity index (χ2v) is 5.29. The summed E-state index contributed by atoms with van der Waals surface area (Å²) in [4.78, 5) is 34.6. The number of hydrogen-bond acceptors (Lipinski definition) is 4. The molecule has 0 radical (unpaired) electrons. The molecule has 3 N–H and O–H groups in total. The van der Waals surface area contributed by atoms with Crippen molar-refractivity contribution in [2.45, 2.75) is 50.4 Å². The molecule has 1 aliphatic heterocycles. The molecule has 0 aliphatic carbocycles. The molecule has 0 aromatic rings. The van der Waals surface area contributed by atoms with Gasteiger partial charge in [-0.1, -0.05) is 0 Å². The molecular formula is C13H19F3N2O5. The molecule has 1 aliphatic rings. The lowest BCUT2D eigenvalue weighted by Gasteiger charge is -2.24. The summed E-state index contributed by atoms with van der Waals surface area (Å²) in [6.45, 7) is 0.0369. The van der Waals surface area contributed by atoms with Crippen LogP contribution in [0.4, 0.5) is 13.2 Å². The summed E-state index contributed by atoms with van der Waals surface area (Å²) >= 11 is 0. The molecule has 1 fully saturated rings. The van der Waals surface area contributed by atoms with Crippen molar-refractivity contribution in [1.29, 1.82) is 0 Å². The number of halogens is 3. The van der Waals surface area contributed by atoms with Crippen molar-refractivity contribution in [2.24, 2.45) is 0 Å². The second kappa shape index (κ2) is 8.14. The number of carbonyl (C=O) groups is 3. The highest BCUT2D eigenvalue weighted by molar-refractivity contribution is 5.86. The van der Waals surface area contributed by atoms with Gasteiger partial charge < -0.3 is 20.4 Å². The summed E-state index contributed by atoms with van der Waals surface area (Å²) in [6.07, 6.45) is -5.09. The van der Waals surface area contributed by atoms with Crippen LogP contribution in [0.5, 0.6) is 0 Å². The average molecular weight is 340 g/mol. The first kappa shape index (κ1) is 19.2. The van der Waals surface area contributed by atoms with E-state index in [1.54, 1.807) is 5.32 Å². The minimum absolute atomic E-state index is 0.0104. The number of nitrogens with one attached hydrogen (secondary N) is 1. The van der Waals surface area contributed by atoms with E-state index in [2.05, 4.69) is 0 Å². The molecule has 2 atom stereocenters. The highest BCUT2D eigenvalue weighted by Gasteiger charge is 2.38. The molecule has 1 rings (SSSR count). The lowest BCUT2D eigenvalue weighted by atomic mass is 10.1. The van der Waals surface area contributed by atoms with Crippen molar-refractivity contribution in [3.8, 4) is 0 Å². The number of amides is 2. The van der Waals surface area contributed by atoms with Crippen LogP contribution in [0.25, 0.3) is 0 Å². The number of carbonyl (C=O) groups excluding carboxylic acids is 2. The Bertz CT molecular complexity index is 455. The first-order chi connectivity index (χ1) is 10.6. The molecule has 0 spiro atoms. The highest BCUT2D eigenvalue weighted by Crippen LogP contribution is 2.19. The van der Waals surface area contributed by atoms with Crippen LogP contribution in [0.15, 0.2) is 0 Å². The zero-order valence-electron chi connectivity index (χ0n) is 12.3. The van der Waals surface area contributed by atoms with Gasteiger partial charge >= 0.3 is 18.1 Å². The molecule has 1 heterocycles. The number of carboxylic acids is 1. The molecule has 0 aromatic carbocycles. The van der Waals surface area contributed by atoms with Crippen LogP contribution in [-0.2, 0) is 14.4 Å². The Kier molecular flexibility index (Phi) is 6.79. The number of likely N-dealkylation sites (tertiary alicyclic amines) is 1. The molecule has 2 amide bonds. The Balaban J connectivity index is 2.28. The number of rotatable bonds is 7. The molecule has 0 aromatic heterocycles.